The predicted octanol–water partition coefficient (Wildman–Crippen LogP) is 3.16. The first-order chi connectivity index (χ1) is 9.13. The van der Waals surface area contributed by atoms with Crippen LogP contribution in [0.3, 0.4) is 0 Å². The van der Waals surface area contributed by atoms with Crippen LogP contribution in [0.25, 0.3) is 0 Å². The molecule has 1 atom stereocenters. The van der Waals surface area contributed by atoms with Gasteiger partial charge in [-0.15, -0.1) is 24.0 Å². The summed E-state index contributed by atoms with van der Waals surface area (Å²) in [5.41, 5.74) is 0. The molecule has 0 saturated heterocycles. The lowest BCUT2D eigenvalue weighted by Crippen LogP contribution is -2.44. The highest BCUT2D eigenvalue weighted by Gasteiger charge is 2.14. The lowest BCUT2D eigenvalue weighted by molar-refractivity contribution is 0.0574. The Labute approximate surface area is 141 Å². The number of nitrogens with zero attached hydrogens (tertiary/aromatic N) is 1. The summed E-state index contributed by atoms with van der Waals surface area (Å²) in [6.07, 6.45) is 6.75. The van der Waals surface area contributed by atoms with Crippen LogP contribution >= 0.6 is 24.0 Å². The van der Waals surface area contributed by atoms with E-state index in [1.54, 1.807) is 0 Å². The zero-order chi connectivity index (χ0) is 14.1. The summed E-state index contributed by atoms with van der Waals surface area (Å²) >= 11 is 0. The molecular weight excluding hydrogens is 365 g/mol. The van der Waals surface area contributed by atoms with Gasteiger partial charge in [0.1, 0.15) is 0 Å². The van der Waals surface area contributed by atoms with Gasteiger partial charge in [-0.1, -0.05) is 26.7 Å². The van der Waals surface area contributed by atoms with Crippen molar-refractivity contribution in [3.63, 3.8) is 0 Å². The van der Waals surface area contributed by atoms with Gasteiger partial charge in [-0.3, -0.25) is 4.99 Å². The van der Waals surface area contributed by atoms with Crippen LogP contribution in [0.5, 0.6) is 0 Å². The molecule has 2 N–H and O–H groups in total. The van der Waals surface area contributed by atoms with Crippen LogP contribution in [-0.2, 0) is 4.74 Å². The summed E-state index contributed by atoms with van der Waals surface area (Å²) in [6.45, 7) is 8.37. The number of ether oxygens (including phenoxy) is 1. The molecule has 1 fully saturated rings. The number of hydrogen-bond acceptors (Lipinski definition) is 2. The van der Waals surface area contributed by atoms with Crippen LogP contribution in [0.15, 0.2) is 4.99 Å². The van der Waals surface area contributed by atoms with Crippen LogP contribution in [0, 0.1) is 5.92 Å². The number of hydrogen-bond donors (Lipinski definition) is 2. The van der Waals surface area contributed by atoms with Gasteiger partial charge in [0.05, 0.1) is 6.10 Å². The summed E-state index contributed by atoms with van der Waals surface area (Å²) in [4.78, 5) is 4.24. The molecule has 0 spiro atoms. The molecule has 20 heavy (non-hydrogen) atoms. The van der Waals surface area contributed by atoms with E-state index in [2.05, 4.69) is 36.4 Å². The number of halogens is 1. The van der Waals surface area contributed by atoms with Crippen molar-refractivity contribution < 1.29 is 4.74 Å². The molecule has 0 aromatic heterocycles. The number of nitrogens with one attached hydrogen (secondary N) is 2. The molecule has 1 aliphatic rings. The van der Waals surface area contributed by atoms with Crippen molar-refractivity contribution in [1.82, 2.24) is 10.6 Å². The van der Waals surface area contributed by atoms with E-state index in [9.17, 15) is 0 Å². The first-order valence-electron chi connectivity index (χ1n) is 7.72. The molecule has 1 saturated carbocycles. The van der Waals surface area contributed by atoms with E-state index in [1.165, 1.54) is 25.7 Å². The van der Waals surface area contributed by atoms with Gasteiger partial charge in [0.25, 0.3) is 0 Å². The maximum absolute atomic E-state index is 5.84. The van der Waals surface area contributed by atoms with Gasteiger partial charge in [0, 0.05) is 26.2 Å². The summed E-state index contributed by atoms with van der Waals surface area (Å²) in [5, 5.41) is 6.74. The van der Waals surface area contributed by atoms with Gasteiger partial charge in [0.2, 0.25) is 0 Å². The molecule has 1 aliphatic carbocycles. The molecule has 0 aromatic rings. The SMILES string of the molecule is CN=C(NCCCOC1CCCC1)NC(C)C(C)C.I. The Balaban J connectivity index is 0.00000361. The van der Waals surface area contributed by atoms with E-state index in [-0.39, 0.29) is 24.0 Å². The van der Waals surface area contributed by atoms with Crippen molar-refractivity contribution in [3.8, 4) is 0 Å². The smallest absolute Gasteiger partial charge is 0.191 e. The van der Waals surface area contributed by atoms with Gasteiger partial charge < -0.3 is 15.4 Å². The van der Waals surface area contributed by atoms with Crippen molar-refractivity contribution in [2.45, 2.75) is 65.0 Å². The van der Waals surface area contributed by atoms with Crippen LogP contribution in [0.1, 0.15) is 52.9 Å². The maximum atomic E-state index is 5.84. The molecule has 0 aromatic carbocycles. The third-order valence-corrected chi connectivity index (χ3v) is 3.86. The maximum Gasteiger partial charge on any atom is 0.191 e. The molecule has 0 heterocycles. The van der Waals surface area contributed by atoms with E-state index in [0.717, 1.165) is 25.5 Å². The van der Waals surface area contributed by atoms with Crippen molar-refractivity contribution in [3.05, 3.63) is 0 Å². The van der Waals surface area contributed by atoms with Crippen molar-refractivity contribution in [1.29, 1.82) is 0 Å². The highest BCUT2D eigenvalue weighted by molar-refractivity contribution is 14.0. The zero-order valence-corrected chi connectivity index (χ0v) is 15.8. The summed E-state index contributed by atoms with van der Waals surface area (Å²) in [5.74, 6) is 1.49. The van der Waals surface area contributed by atoms with Crippen LogP contribution in [-0.4, -0.2) is 38.3 Å². The molecule has 1 rings (SSSR count). The van der Waals surface area contributed by atoms with Crippen LogP contribution in [0.4, 0.5) is 0 Å². The molecular formula is C15H32IN3O. The topological polar surface area (TPSA) is 45.7 Å². The monoisotopic (exact) mass is 397 g/mol. The molecule has 4 nitrogen and oxygen atoms in total. The summed E-state index contributed by atoms with van der Waals surface area (Å²) in [6, 6.07) is 0.431. The molecule has 0 radical (unpaired) electrons. The fourth-order valence-corrected chi connectivity index (χ4v) is 2.16. The Bertz CT molecular complexity index is 266. The third-order valence-electron chi connectivity index (χ3n) is 3.86. The summed E-state index contributed by atoms with van der Waals surface area (Å²) in [7, 11) is 1.82. The lowest BCUT2D eigenvalue weighted by Gasteiger charge is -2.20. The fraction of sp³-hybridized carbons (Fsp3) is 0.933. The second kappa shape index (κ2) is 11.6. The van der Waals surface area contributed by atoms with Gasteiger partial charge in [-0.2, -0.15) is 0 Å². The average molecular weight is 397 g/mol. The Hall–Kier alpha value is -0.0400. The Kier molecular flexibility index (Phi) is 11.6. The van der Waals surface area contributed by atoms with Crippen molar-refractivity contribution in [2.24, 2.45) is 10.9 Å². The zero-order valence-electron chi connectivity index (χ0n) is 13.4. The first-order valence-corrected chi connectivity index (χ1v) is 7.72. The van der Waals surface area contributed by atoms with Crippen LogP contribution in [0.2, 0.25) is 0 Å². The average Bonchev–Trinajstić information content (AvgIpc) is 2.89. The Morgan fingerprint density at radius 2 is 1.90 bits per heavy atom. The van der Waals surface area contributed by atoms with E-state index in [1.807, 2.05) is 7.05 Å². The second-order valence-electron chi connectivity index (χ2n) is 5.81. The first kappa shape index (κ1) is 20.0. The minimum atomic E-state index is 0. The van der Waals surface area contributed by atoms with E-state index in [4.69, 9.17) is 4.74 Å². The van der Waals surface area contributed by atoms with Gasteiger partial charge in [-0.05, 0) is 32.1 Å². The van der Waals surface area contributed by atoms with E-state index in [0.29, 0.717) is 18.1 Å². The molecule has 0 amide bonds. The van der Waals surface area contributed by atoms with Crippen molar-refractivity contribution >= 4 is 29.9 Å². The molecule has 0 bridgehead atoms. The quantitative estimate of drug-likeness (QED) is 0.300. The largest absolute Gasteiger partial charge is 0.378 e. The third kappa shape index (κ3) is 8.29. The van der Waals surface area contributed by atoms with E-state index >= 15 is 0 Å². The standard InChI is InChI=1S/C15H31N3O.HI/c1-12(2)13(3)18-15(16-4)17-10-7-11-19-14-8-5-6-9-14;/h12-14H,5-11H2,1-4H3,(H2,16,17,18);1H. The van der Waals surface area contributed by atoms with Crippen molar-refractivity contribution in [2.75, 3.05) is 20.2 Å². The number of aliphatic imine (C=N–C) groups is 1. The molecule has 1 unspecified atom stereocenters. The predicted molar refractivity (Wildman–Crippen MR) is 97.0 cm³/mol. The highest BCUT2D eigenvalue weighted by atomic mass is 127. The normalized spacial score (nSPS) is 17.9. The minimum Gasteiger partial charge on any atom is -0.378 e. The summed E-state index contributed by atoms with van der Waals surface area (Å²) < 4.78 is 5.84. The molecule has 0 aliphatic heterocycles. The molecule has 120 valence electrons. The second-order valence-corrected chi connectivity index (χ2v) is 5.81. The fourth-order valence-electron chi connectivity index (χ4n) is 2.16. The Morgan fingerprint density at radius 1 is 1.25 bits per heavy atom. The Morgan fingerprint density at radius 3 is 2.45 bits per heavy atom. The van der Waals surface area contributed by atoms with Gasteiger partial charge in [0.15, 0.2) is 5.96 Å². The number of rotatable bonds is 7. The lowest BCUT2D eigenvalue weighted by atomic mass is 10.1. The van der Waals surface area contributed by atoms with Gasteiger partial charge >= 0.3 is 0 Å². The highest BCUT2D eigenvalue weighted by Crippen LogP contribution is 2.20. The van der Waals surface area contributed by atoms with Crippen LogP contribution < -0.4 is 10.6 Å². The van der Waals surface area contributed by atoms with E-state index < -0.39 is 0 Å². The van der Waals surface area contributed by atoms with Gasteiger partial charge in [-0.25, -0.2) is 0 Å². The minimum absolute atomic E-state index is 0. The molecule has 5 heteroatoms. The number of guanidine groups is 1.